The first kappa shape index (κ1) is 13.8. The summed E-state index contributed by atoms with van der Waals surface area (Å²) < 4.78 is 13.3. The lowest BCUT2D eigenvalue weighted by Gasteiger charge is -2.30. The van der Waals surface area contributed by atoms with Gasteiger partial charge in [-0.25, -0.2) is 4.39 Å². The number of benzene rings is 1. The summed E-state index contributed by atoms with van der Waals surface area (Å²) in [4.78, 5) is 0. The zero-order valence-electron chi connectivity index (χ0n) is 10.9. The molecular formula is C15H21ClFN. The van der Waals surface area contributed by atoms with Gasteiger partial charge in [0.25, 0.3) is 0 Å². The maximum absolute atomic E-state index is 13.3. The standard InChI is InChI=1S/C15H21ClFN/c1-2-8-18-13-5-3-4-11(9-13)14-10-12(17)6-7-15(14)16/h6-7,10-11,13,18H,2-5,8-9H2,1H3. The van der Waals surface area contributed by atoms with Gasteiger partial charge in [-0.15, -0.1) is 0 Å². The number of hydrogen-bond acceptors (Lipinski definition) is 1. The molecule has 0 amide bonds. The molecule has 1 nitrogen and oxygen atoms in total. The van der Waals surface area contributed by atoms with Gasteiger partial charge in [-0.3, -0.25) is 0 Å². The lowest BCUT2D eigenvalue weighted by atomic mass is 9.81. The van der Waals surface area contributed by atoms with Crippen molar-refractivity contribution < 1.29 is 4.39 Å². The molecule has 0 aliphatic heterocycles. The molecule has 1 aliphatic rings. The fraction of sp³-hybridized carbons (Fsp3) is 0.600. The molecule has 18 heavy (non-hydrogen) atoms. The largest absolute Gasteiger partial charge is 0.314 e. The average Bonchev–Trinajstić information content (AvgIpc) is 2.39. The van der Waals surface area contributed by atoms with E-state index in [-0.39, 0.29) is 5.82 Å². The van der Waals surface area contributed by atoms with Gasteiger partial charge in [0.15, 0.2) is 0 Å². The van der Waals surface area contributed by atoms with Crippen molar-refractivity contribution in [1.29, 1.82) is 0 Å². The first-order valence-corrected chi connectivity index (χ1v) is 7.26. The van der Waals surface area contributed by atoms with Crippen LogP contribution in [0, 0.1) is 5.82 Å². The highest BCUT2D eigenvalue weighted by molar-refractivity contribution is 6.31. The minimum absolute atomic E-state index is 0.182. The Kier molecular flexibility index (Phi) is 5.02. The van der Waals surface area contributed by atoms with E-state index in [0.717, 1.165) is 31.4 Å². The van der Waals surface area contributed by atoms with Gasteiger partial charge >= 0.3 is 0 Å². The Labute approximate surface area is 114 Å². The van der Waals surface area contributed by atoms with Crippen LogP contribution < -0.4 is 5.32 Å². The van der Waals surface area contributed by atoms with E-state index in [0.29, 0.717) is 17.0 Å². The van der Waals surface area contributed by atoms with Crippen molar-refractivity contribution >= 4 is 11.6 Å². The van der Waals surface area contributed by atoms with Crippen LogP contribution in [0.1, 0.15) is 50.5 Å². The Morgan fingerprint density at radius 2 is 2.22 bits per heavy atom. The smallest absolute Gasteiger partial charge is 0.123 e. The zero-order chi connectivity index (χ0) is 13.0. The Morgan fingerprint density at radius 1 is 1.39 bits per heavy atom. The molecule has 1 aliphatic carbocycles. The van der Waals surface area contributed by atoms with Crippen LogP contribution >= 0.6 is 11.6 Å². The maximum Gasteiger partial charge on any atom is 0.123 e. The van der Waals surface area contributed by atoms with E-state index in [2.05, 4.69) is 12.2 Å². The van der Waals surface area contributed by atoms with Crippen LogP contribution in [0.25, 0.3) is 0 Å². The minimum atomic E-state index is -0.182. The quantitative estimate of drug-likeness (QED) is 0.848. The lowest BCUT2D eigenvalue weighted by molar-refractivity contribution is 0.339. The second kappa shape index (κ2) is 6.53. The summed E-state index contributed by atoms with van der Waals surface area (Å²) in [5.74, 6) is 0.217. The highest BCUT2D eigenvalue weighted by Gasteiger charge is 2.24. The molecule has 0 saturated heterocycles. The van der Waals surface area contributed by atoms with Crippen molar-refractivity contribution in [3.05, 3.63) is 34.6 Å². The van der Waals surface area contributed by atoms with E-state index >= 15 is 0 Å². The number of rotatable bonds is 4. The molecule has 0 aromatic heterocycles. The van der Waals surface area contributed by atoms with Gasteiger partial charge in [0, 0.05) is 11.1 Å². The average molecular weight is 270 g/mol. The molecule has 2 atom stereocenters. The lowest BCUT2D eigenvalue weighted by Crippen LogP contribution is -2.34. The summed E-state index contributed by atoms with van der Waals surface area (Å²) in [6.07, 6.45) is 5.76. The predicted molar refractivity (Wildman–Crippen MR) is 74.7 cm³/mol. The van der Waals surface area contributed by atoms with Crippen LogP contribution in [0.3, 0.4) is 0 Å². The van der Waals surface area contributed by atoms with Crippen molar-refractivity contribution in [2.45, 2.75) is 51.0 Å². The first-order chi connectivity index (χ1) is 8.70. The fourth-order valence-corrected chi connectivity index (χ4v) is 3.11. The van der Waals surface area contributed by atoms with E-state index in [1.54, 1.807) is 12.1 Å². The third-order valence-electron chi connectivity index (χ3n) is 3.76. The second-order valence-corrected chi connectivity index (χ2v) is 5.59. The van der Waals surface area contributed by atoms with Gasteiger partial charge in [-0.05, 0) is 61.9 Å². The van der Waals surface area contributed by atoms with Crippen molar-refractivity contribution in [3.8, 4) is 0 Å². The summed E-state index contributed by atoms with van der Waals surface area (Å²) in [6.45, 7) is 3.24. The molecule has 1 fully saturated rings. The SMILES string of the molecule is CCCNC1CCCC(c2cc(F)ccc2Cl)C1. The number of nitrogens with one attached hydrogen (secondary N) is 1. The summed E-state index contributed by atoms with van der Waals surface area (Å²) in [6, 6.07) is 5.27. The number of halogens is 2. The molecule has 3 heteroatoms. The molecule has 1 saturated carbocycles. The molecule has 0 heterocycles. The van der Waals surface area contributed by atoms with Crippen molar-refractivity contribution in [2.75, 3.05) is 6.54 Å². The van der Waals surface area contributed by atoms with E-state index in [9.17, 15) is 4.39 Å². The Balaban J connectivity index is 2.05. The van der Waals surface area contributed by atoms with Crippen LogP contribution in [0.15, 0.2) is 18.2 Å². The summed E-state index contributed by atoms with van der Waals surface area (Å²) in [7, 11) is 0. The van der Waals surface area contributed by atoms with E-state index in [4.69, 9.17) is 11.6 Å². The summed E-state index contributed by atoms with van der Waals surface area (Å²) in [5.41, 5.74) is 0.986. The van der Waals surface area contributed by atoms with Crippen LogP contribution in [0.5, 0.6) is 0 Å². The van der Waals surface area contributed by atoms with Crippen LogP contribution in [0.4, 0.5) is 4.39 Å². The highest BCUT2D eigenvalue weighted by atomic mass is 35.5. The predicted octanol–water partition coefficient (Wildman–Crippen LogP) is 4.50. The van der Waals surface area contributed by atoms with Gasteiger partial charge in [0.2, 0.25) is 0 Å². The van der Waals surface area contributed by atoms with E-state index in [1.165, 1.54) is 18.9 Å². The van der Waals surface area contributed by atoms with Crippen LogP contribution in [-0.2, 0) is 0 Å². The van der Waals surface area contributed by atoms with Gasteiger partial charge in [-0.1, -0.05) is 24.9 Å². The van der Waals surface area contributed by atoms with Crippen molar-refractivity contribution in [2.24, 2.45) is 0 Å². The normalized spacial score (nSPS) is 24.2. The third kappa shape index (κ3) is 3.46. The molecule has 0 radical (unpaired) electrons. The molecular weight excluding hydrogens is 249 g/mol. The van der Waals surface area contributed by atoms with E-state index in [1.807, 2.05) is 0 Å². The summed E-state index contributed by atoms with van der Waals surface area (Å²) in [5, 5.41) is 4.27. The zero-order valence-corrected chi connectivity index (χ0v) is 11.6. The van der Waals surface area contributed by atoms with Gasteiger partial charge in [0.1, 0.15) is 5.82 Å². The van der Waals surface area contributed by atoms with Crippen LogP contribution in [0.2, 0.25) is 5.02 Å². The molecule has 2 unspecified atom stereocenters. The molecule has 1 aromatic rings. The molecule has 2 rings (SSSR count). The van der Waals surface area contributed by atoms with Crippen LogP contribution in [-0.4, -0.2) is 12.6 Å². The first-order valence-electron chi connectivity index (χ1n) is 6.89. The number of hydrogen-bond donors (Lipinski definition) is 1. The molecule has 0 bridgehead atoms. The highest BCUT2D eigenvalue weighted by Crippen LogP contribution is 2.36. The second-order valence-electron chi connectivity index (χ2n) is 5.18. The summed E-state index contributed by atoms with van der Waals surface area (Å²) >= 11 is 6.19. The van der Waals surface area contributed by atoms with Gasteiger partial charge < -0.3 is 5.32 Å². The van der Waals surface area contributed by atoms with E-state index < -0.39 is 0 Å². The fourth-order valence-electron chi connectivity index (χ4n) is 2.83. The third-order valence-corrected chi connectivity index (χ3v) is 4.10. The van der Waals surface area contributed by atoms with Crippen molar-refractivity contribution in [3.63, 3.8) is 0 Å². The van der Waals surface area contributed by atoms with Crippen molar-refractivity contribution in [1.82, 2.24) is 5.32 Å². The molecule has 1 aromatic carbocycles. The Hall–Kier alpha value is -0.600. The Bertz CT molecular complexity index is 394. The topological polar surface area (TPSA) is 12.0 Å². The minimum Gasteiger partial charge on any atom is -0.314 e. The molecule has 1 N–H and O–H groups in total. The Morgan fingerprint density at radius 3 is 3.00 bits per heavy atom. The molecule has 100 valence electrons. The van der Waals surface area contributed by atoms with Gasteiger partial charge in [0.05, 0.1) is 0 Å². The molecule has 0 spiro atoms. The van der Waals surface area contributed by atoms with Gasteiger partial charge in [-0.2, -0.15) is 0 Å². The maximum atomic E-state index is 13.3. The monoisotopic (exact) mass is 269 g/mol.